The van der Waals surface area contributed by atoms with Gasteiger partial charge in [0.15, 0.2) is 6.61 Å². The lowest BCUT2D eigenvalue weighted by molar-refractivity contribution is -0.118. The molecular formula is C18H19NO5. The van der Waals surface area contributed by atoms with Crippen molar-refractivity contribution in [3.63, 3.8) is 0 Å². The van der Waals surface area contributed by atoms with E-state index in [4.69, 9.17) is 18.9 Å². The average Bonchev–Trinajstić information content (AvgIpc) is 2.61. The van der Waals surface area contributed by atoms with Crippen LogP contribution in [0.1, 0.15) is 6.42 Å². The van der Waals surface area contributed by atoms with Crippen LogP contribution < -0.4 is 24.3 Å². The molecule has 1 N–H and O–H groups in total. The number of carbonyl (C=O) groups is 1. The molecule has 1 aliphatic rings. The lowest BCUT2D eigenvalue weighted by atomic mass is 10.2. The molecule has 6 nitrogen and oxygen atoms in total. The van der Waals surface area contributed by atoms with E-state index in [0.29, 0.717) is 30.4 Å². The van der Waals surface area contributed by atoms with Crippen LogP contribution in [-0.4, -0.2) is 32.8 Å². The van der Waals surface area contributed by atoms with Gasteiger partial charge >= 0.3 is 0 Å². The Kier molecular flexibility index (Phi) is 5.05. The van der Waals surface area contributed by atoms with Gasteiger partial charge in [0.25, 0.3) is 5.91 Å². The highest BCUT2D eigenvalue weighted by molar-refractivity contribution is 5.95. The Bertz CT molecular complexity index is 699. The molecule has 0 fully saturated rings. The van der Waals surface area contributed by atoms with E-state index in [1.54, 1.807) is 19.2 Å². The van der Waals surface area contributed by atoms with Gasteiger partial charge in [0.05, 0.1) is 26.0 Å². The minimum absolute atomic E-state index is 0.0515. The van der Waals surface area contributed by atoms with E-state index in [0.717, 1.165) is 17.9 Å². The topological polar surface area (TPSA) is 66.0 Å². The van der Waals surface area contributed by atoms with Gasteiger partial charge < -0.3 is 24.3 Å². The Labute approximate surface area is 140 Å². The normalized spacial score (nSPS) is 12.6. The first-order valence-corrected chi connectivity index (χ1v) is 7.71. The SMILES string of the molecule is COc1ccc(OCCCOc2ccc3c(c2)NC(=O)CO3)cc1. The second-order valence-corrected chi connectivity index (χ2v) is 5.22. The molecule has 1 heterocycles. The van der Waals surface area contributed by atoms with E-state index in [1.165, 1.54) is 0 Å². The summed E-state index contributed by atoms with van der Waals surface area (Å²) in [7, 11) is 1.63. The van der Waals surface area contributed by atoms with Gasteiger partial charge in [-0.3, -0.25) is 4.79 Å². The third-order valence-electron chi connectivity index (χ3n) is 3.47. The van der Waals surface area contributed by atoms with E-state index in [-0.39, 0.29) is 12.5 Å². The van der Waals surface area contributed by atoms with Crippen LogP contribution in [0.2, 0.25) is 0 Å². The summed E-state index contributed by atoms with van der Waals surface area (Å²) in [6.45, 7) is 1.12. The van der Waals surface area contributed by atoms with Gasteiger partial charge in [-0.1, -0.05) is 0 Å². The average molecular weight is 329 g/mol. The zero-order valence-electron chi connectivity index (χ0n) is 13.4. The molecule has 0 bridgehead atoms. The summed E-state index contributed by atoms with van der Waals surface area (Å²) >= 11 is 0. The Balaban J connectivity index is 1.41. The predicted molar refractivity (Wildman–Crippen MR) is 89.2 cm³/mol. The highest BCUT2D eigenvalue weighted by atomic mass is 16.5. The smallest absolute Gasteiger partial charge is 0.262 e. The van der Waals surface area contributed by atoms with Crippen LogP contribution >= 0.6 is 0 Å². The van der Waals surface area contributed by atoms with Gasteiger partial charge in [0, 0.05) is 12.5 Å². The van der Waals surface area contributed by atoms with Crippen molar-refractivity contribution < 1.29 is 23.7 Å². The first-order chi connectivity index (χ1) is 11.7. The zero-order chi connectivity index (χ0) is 16.8. The number of amides is 1. The van der Waals surface area contributed by atoms with Crippen LogP contribution in [-0.2, 0) is 4.79 Å². The van der Waals surface area contributed by atoms with Crippen molar-refractivity contribution in [2.45, 2.75) is 6.42 Å². The third kappa shape index (κ3) is 4.10. The van der Waals surface area contributed by atoms with E-state index in [1.807, 2.05) is 30.3 Å². The molecule has 2 aromatic carbocycles. The van der Waals surface area contributed by atoms with E-state index in [2.05, 4.69) is 5.32 Å². The van der Waals surface area contributed by atoms with Crippen LogP contribution in [0.4, 0.5) is 5.69 Å². The number of hydrogen-bond acceptors (Lipinski definition) is 5. The minimum Gasteiger partial charge on any atom is -0.497 e. The summed E-state index contributed by atoms with van der Waals surface area (Å²) in [6.07, 6.45) is 0.742. The molecule has 24 heavy (non-hydrogen) atoms. The Hall–Kier alpha value is -2.89. The Morgan fingerprint density at radius 1 is 1.00 bits per heavy atom. The molecule has 1 amide bonds. The summed E-state index contributed by atoms with van der Waals surface area (Å²) in [6, 6.07) is 12.8. The standard InChI is InChI=1S/C18H19NO5/c1-21-13-3-5-14(6-4-13)22-9-2-10-23-15-7-8-17-16(11-15)19-18(20)12-24-17/h3-8,11H,2,9-10,12H2,1H3,(H,19,20). The van der Waals surface area contributed by atoms with Gasteiger partial charge in [-0.2, -0.15) is 0 Å². The second kappa shape index (κ2) is 7.59. The molecule has 0 spiro atoms. The van der Waals surface area contributed by atoms with Crippen molar-refractivity contribution in [3.05, 3.63) is 42.5 Å². The predicted octanol–water partition coefficient (Wildman–Crippen LogP) is 2.87. The fourth-order valence-electron chi connectivity index (χ4n) is 2.26. The molecule has 0 aromatic heterocycles. The van der Waals surface area contributed by atoms with Gasteiger partial charge in [-0.25, -0.2) is 0 Å². The number of benzene rings is 2. The third-order valence-corrected chi connectivity index (χ3v) is 3.47. The summed E-state index contributed by atoms with van der Waals surface area (Å²) in [4.78, 5) is 11.3. The largest absolute Gasteiger partial charge is 0.497 e. The highest BCUT2D eigenvalue weighted by Crippen LogP contribution is 2.31. The van der Waals surface area contributed by atoms with Crippen molar-refractivity contribution in [3.8, 4) is 23.0 Å². The Morgan fingerprint density at radius 3 is 2.42 bits per heavy atom. The summed E-state index contributed by atoms with van der Waals surface area (Å²) in [5.74, 6) is 2.78. The minimum atomic E-state index is -0.160. The molecular weight excluding hydrogens is 310 g/mol. The van der Waals surface area contributed by atoms with E-state index < -0.39 is 0 Å². The zero-order valence-corrected chi connectivity index (χ0v) is 13.4. The summed E-state index contributed by atoms with van der Waals surface area (Å²) < 4.78 is 21.7. The van der Waals surface area contributed by atoms with Gasteiger partial charge in [-0.15, -0.1) is 0 Å². The van der Waals surface area contributed by atoms with Crippen molar-refractivity contribution in [2.75, 3.05) is 32.2 Å². The lowest BCUT2D eigenvalue weighted by Gasteiger charge is -2.18. The number of ether oxygens (including phenoxy) is 4. The number of nitrogens with one attached hydrogen (secondary N) is 1. The molecule has 0 aliphatic carbocycles. The summed E-state index contributed by atoms with van der Waals surface area (Å²) in [5.41, 5.74) is 0.637. The molecule has 0 radical (unpaired) electrons. The van der Waals surface area contributed by atoms with Crippen LogP contribution in [0, 0.1) is 0 Å². The quantitative estimate of drug-likeness (QED) is 0.791. The van der Waals surface area contributed by atoms with Crippen molar-refractivity contribution in [1.29, 1.82) is 0 Å². The number of anilines is 1. The van der Waals surface area contributed by atoms with Crippen LogP contribution in [0.15, 0.2) is 42.5 Å². The number of hydrogen-bond donors (Lipinski definition) is 1. The first-order valence-electron chi connectivity index (χ1n) is 7.71. The monoisotopic (exact) mass is 329 g/mol. The van der Waals surface area contributed by atoms with Crippen molar-refractivity contribution in [2.24, 2.45) is 0 Å². The maximum Gasteiger partial charge on any atom is 0.262 e. The van der Waals surface area contributed by atoms with E-state index in [9.17, 15) is 4.79 Å². The Morgan fingerprint density at radius 2 is 1.67 bits per heavy atom. The molecule has 3 rings (SSSR count). The van der Waals surface area contributed by atoms with E-state index >= 15 is 0 Å². The number of fused-ring (bicyclic) bond motifs is 1. The number of carbonyl (C=O) groups excluding carboxylic acids is 1. The van der Waals surface area contributed by atoms with Gasteiger partial charge in [0.1, 0.15) is 23.0 Å². The molecule has 0 unspecified atom stereocenters. The lowest BCUT2D eigenvalue weighted by Crippen LogP contribution is -2.25. The molecule has 0 saturated carbocycles. The van der Waals surface area contributed by atoms with Gasteiger partial charge in [0.2, 0.25) is 0 Å². The number of methoxy groups -OCH3 is 1. The van der Waals surface area contributed by atoms with Crippen molar-refractivity contribution in [1.82, 2.24) is 0 Å². The highest BCUT2D eigenvalue weighted by Gasteiger charge is 2.16. The first kappa shape index (κ1) is 16.0. The van der Waals surface area contributed by atoms with Crippen LogP contribution in [0.25, 0.3) is 0 Å². The molecule has 1 aliphatic heterocycles. The molecule has 126 valence electrons. The summed E-state index contributed by atoms with van der Waals surface area (Å²) in [5, 5.41) is 2.75. The van der Waals surface area contributed by atoms with Gasteiger partial charge in [-0.05, 0) is 36.4 Å². The second-order valence-electron chi connectivity index (χ2n) is 5.22. The molecule has 0 saturated heterocycles. The molecule has 6 heteroatoms. The van der Waals surface area contributed by atoms with Crippen LogP contribution in [0.3, 0.4) is 0 Å². The maximum atomic E-state index is 11.3. The maximum absolute atomic E-state index is 11.3. The molecule has 2 aromatic rings. The van der Waals surface area contributed by atoms with Crippen molar-refractivity contribution >= 4 is 11.6 Å². The van der Waals surface area contributed by atoms with Crippen LogP contribution in [0.5, 0.6) is 23.0 Å². The fraction of sp³-hybridized carbons (Fsp3) is 0.278. The fourth-order valence-corrected chi connectivity index (χ4v) is 2.26. The number of rotatable bonds is 7. The molecule has 0 atom stereocenters.